The van der Waals surface area contributed by atoms with Crippen molar-refractivity contribution in [3.63, 3.8) is 0 Å². The van der Waals surface area contributed by atoms with Gasteiger partial charge in [0.25, 0.3) is 0 Å². The van der Waals surface area contributed by atoms with Crippen molar-refractivity contribution in [1.82, 2.24) is 5.32 Å². The third-order valence-electron chi connectivity index (χ3n) is 3.29. The number of benzene rings is 1. The largest absolute Gasteiger partial charge is 0.312 e. The van der Waals surface area contributed by atoms with Gasteiger partial charge < -0.3 is 5.32 Å². The fourth-order valence-electron chi connectivity index (χ4n) is 2.49. The Morgan fingerprint density at radius 2 is 1.78 bits per heavy atom. The van der Waals surface area contributed by atoms with Gasteiger partial charge >= 0.3 is 0 Å². The van der Waals surface area contributed by atoms with E-state index in [1.54, 1.807) is 0 Å². The molecular formula is C16H21NS. The van der Waals surface area contributed by atoms with Gasteiger partial charge in [-0.1, -0.05) is 29.3 Å². The molecule has 1 nitrogen and oxygen atoms in total. The van der Waals surface area contributed by atoms with Crippen LogP contribution in [0.25, 0.3) is 0 Å². The third kappa shape index (κ3) is 3.01. The maximum atomic E-state index is 3.44. The molecule has 18 heavy (non-hydrogen) atoms. The Bertz CT molecular complexity index is 507. The number of nitrogens with one attached hydrogen (secondary N) is 1. The van der Waals surface area contributed by atoms with Gasteiger partial charge in [-0.05, 0) is 56.8 Å². The highest BCUT2D eigenvalue weighted by molar-refractivity contribution is 7.10. The Morgan fingerprint density at radius 3 is 2.28 bits per heavy atom. The molecule has 0 radical (unpaired) electrons. The second-order valence-corrected chi connectivity index (χ2v) is 5.96. The zero-order chi connectivity index (χ0) is 13.1. The lowest BCUT2D eigenvalue weighted by Gasteiger charge is -2.17. The molecule has 1 heterocycles. The molecule has 2 heteroatoms. The molecule has 2 rings (SSSR count). The van der Waals surface area contributed by atoms with Crippen LogP contribution in [0.3, 0.4) is 0 Å². The molecule has 96 valence electrons. The number of aryl methyl sites for hydroxylation is 3. The van der Waals surface area contributed by atoms with Crippen molar-refractivity contribution < 1.29 is 0 Å². The second kappa shape index (κ2) is 5.68. The summed E-state index contributed by atoms with van der Waals surface area (Å²) in [4.78, 5) is 1.46. The van der Waals surface area contributed by atoms with E-state index < -0.39 is 0 Å². The summed E-state index contributed by atoms with van der Waals surface area (Å²) in [6, 6.07) is 9.44. The van der Waals surface area contributed by atoms with Gasteiger partial charge in [0, 0.05) is 10.9 Å². The van der Waals surface area contributed by atoms with Gasteiger partial charge in [-0.15, -0.1) is 11.3 Å². The summed E-state index contributed by atoms with van der Waals surface area (Å²) in [6.45, 7) is 6.53. The molecule has 1 aromatic carbocycles. The molecular weight excluding hydrogens is 238 g/mol. The fraction of sp³-hybridized carbons (Fsp3) is 0.375. The topological polar surface area (TPSA) is 12.0 Å². The molecule has 1 N–H and O–H groups in total. The summed E-state index contributed by atoms with van der Waals surface area (Å²) >= 11 is 1.85. The van der Waals surface area contributed by atoms with Crippen LogP contribution in [0, 0.1) is 20.8 Å². The van der Waals surface area contributed by atoms with Gasteiger partial charge in [0.05, 0.1) is 0 Å². The highest BCUT2D eigenvalue weighted by Gasteiger charge is 2.14. The van der Waals surface area contributed by atoms with Crippen LogP contribution in [-0.2, 0) is 6.42 Å². The zero-order valence-electron chi connectivity index (χ0n) is 11.6. The molecule has 0 saturated carbocycles. The summed E-state index contributed by atoms with van der Waals surface area (Å²) in [5.74, 6) is 0. The number of hydrogen-bond acceptors (Lipinski definition) is 2. The van der Waals surface area contributed by atoms with Gasteiger partial charge in [0.15, 0.2) is 0 Å². The van der Waals surface area contributed by atoms with Crippen LogP contribution in [0.4, 0.5) is 0 Å². The van der Waals surface area contributed by atoms with E-state index in [9.17, 15) is 0 Å². The summed E-state index contributed by atoms with van der Waals surface area (Å²) in [5.41, 5.74) is 5.51. The van der Waals surface area contributed by atoms with Crippen LogP contribution >= 0.6 is 11.3 Å². The average Bonchev–Trinajstić information content (AvgIpc) is 2.71. The summed E-state index contributed by atoms with van der Waals surface area (Å²) in [5, 5.41) is 5.62. The number of hydrogen-bond donors (Lipinski definition) is 1. The molecule has 0 fully saturated rings. The van der Waals surface area contributed by atoms with E-state index in [0.717, 1.165) is 6.42 Å². The highest BCUT2D eigenvalue weighted by Crippen LogP contribution is 2.27. The Balaban J connectivity index is 2.23. The first kappa shape index (κ1) is 13.3. The Morgan fingerprint density at radius 1 is 1.11 bits per heavy atom. The highest BCUT2D eigenvalue weighted by atomic mass is 32.1. The van der Waals surface area contributed by atoms with E-state index in [4.69, 9.17) is 0 Å². The van der Waals surface area contributed by atoms with Crippen molar-refractivity contribution in [2.24, 2.45) is 0 Å². The van der Waals surface area contributed by atoms with Crippen molar-refractivity contribution in [2.75, 3.05) is 7.05 Å². The van der Waals surface area contributed by atoms with Gasteiger partial charge in [-0.3, -0.25) is 0 Å². The van der Waals surface area contributed by atoms with Crippen LogP contribution in [0.5, 0.6) is 0 Å². The van der Waals surface area contributed by atoms with Crippen molar-refractivity contribution in [1.29, 1.82) is 0 Å². The molecule has 0 aliphatic rings. The minimum absolute atomic E-state index is 0.422. The first-order valence-electron chi connectivity index (χ1n) is 6.38. The average molecular weight is 259 g/mol. The minimum atomic E-state index is 0.422. The molecule has 1 unspecified atom stereocenters. The SMILES string of the molecule is CNC(Cc1cc(C)cc(C)c1)c1sccc1C. The van der Waals surface area contributed by atoms with Crippen molar-refractivity contribution in [3.8, 4) is 0 Å². The van der Waals surface area contributed by atoms with E-state index in [1.165, 1.54) is 27.1 Å². The molecule has 0 aliphatic carbocycles. The zero-order valence-corrected chi connectivity index (χ0v) is 12.4. The van der Waals surface area contributed by atoms with Crippen molar-refractivity contribution in [3.05, 3.63) is 56.8 Å². The normalized spacial score (nSPS) is 12.7. The monoisotopic (exact) mass is 259 g/mol. The van der Waals surface area contributed by atoms with Crippen LogP contribution in [0.15, 0.2) is 29.6 Å². The maximum absolute atomic E-state index is 3.44. The van der Waals surface area contributed by atoms with Gasteiger partial charge in [0.2, 0.25) is 0 Å². The molecule has 1 aromatic heterocycles. The van der Waals surface area contributed by atoms with Crippen LogP contribution in [-0.4, -0.2) is 7.05 Å². The minimum Gasteiger partial charge on any atom is -0.312 e. The lowest BCUT2D eigenvalue weighted by Crippen LogP contribution is -2.18. The first-order chi connectivity index (χ1) is 8.60. The molecule has 2 aromatic rings. The van der Waals surface area contributed by atoms with Crippen molar-refractivity contribution in [2.45, 2.75) is 33.2 Å². The molecule has 0 bridgehead atoms. The van der Waals surface area contributed by atoms with E-state index in [-0.39, 0.29) is 0 Å². The summed E-state index contributed by atoms with van der Waals surface area (Å²) in [6.07, 6.45) is 1.06. The molecule has 0 amide bonds. The first-order valence-corrected chi connectivity index (χ1v) is 7.26. The van der Waals surface area contributed by atoms with E-state index in [0.29, 0.717) is 6.04 Å². The molecule has 0 spiro atoms. The van der Waals surface area contributed by atoms with Crippen LogP contribution in [0.1, 0.15) is 33.2 Å². The summed E-state index contributed by atoms with van der Waals surface area (Å²) < 4.78 is 0. The number of likely N-dealkylation sites (N-methyl/N-ethyl adjacent to an activating group) is 1. The maximum Gasteiger partial charge on any atom is 0.0455 e. The predicted octanol–water partition coefficient (Wildman–Crippen LogP) is 4.18. The molecule has 1 atom stereocenters. The van der Waals surface area contributed by atoms with E-state index in [1.807, 2.05) is 18.4 Å². The number of rotatable bonds is 4. The second-order valence-electron chi connectivity index (χ2n) is 5.01. The van der Waals surface area contributed by atoms with E-state index in [2.05, 4.69) is 55.7 Å². The number of thiophene rings is 1. The van der Waals surface area contributed by atoms with E-state index >= 15 is 0 Å². The summed E-state index contributed by atoms with van der Waals surface area (Å²) in [7, 11) is 2.05. The van der Waals surface area contributed by atoms with Gasteiger partial charge in [-0.25, -0.2) is 0 Å². The third-order valence-corrected chi connectivity index (χ3v) is 4.42. The Kier molecular flexibility index (Phi) is 4.20. The smallest absolute Gasteiger partial charge is 0.0455 e. The van der Waals surface area contributed by atoms with Gasteiger partial charge in [-0.2, -0.15) is 0 Å². The predicted molar refractivity (Wildman–Crippen MR) is 80.5 cm³/mol. The van der Waals surface area contributed by atoms with Crippen LogP contribution < -0.4 is 5.32 Å². The van der Waals surface area contributed by atoms with Crippen molar-refractivity contribution >= 4 is 11.3 Å². The standard InChI is InChI=1S/C16H21NS/c1-11-7-12(2)9-14(8-11)10-15(17-4)16-13(3)5-6-18-16/h5-9,15,17H,10H2,1-4H3. The molecule has 0 saturated heterocycles. The molecule has 0 aliphatic heterocycles. The van der Waals surface area contributed by atoms with Gasteiger partial charge in [0.1, 0.15) is 0 Å². The fourth-order valence-corrected chi connectivity index (χ4v) is 3.53. The Labute approximate surface area is 114 Å². The Hall–Kier alpha value is -1.12. The lowest BCUT2D eigenvalue weighted by molar-refractivity contribution is 0.599. The lowest BCUT2D eigenvalue weighted by atomic mass is 9.99. The van der Waals surface area contributed by atoms with Crippen LogP contribution in [0.2, 0.25) is 0 Å². The quantitative estimate of drug-likeness (QED) is 0.868.